The molecule has 26 heavy (non-hydrogen) atoms. The summed E-state index contributed by atoms with van der Waals surface area (Å²) in [5.41, 5.74) is -0.284. The number of amides is 1. The van der Waals surface area contributed by atoms with Crippen molar-refractivity contribution in [2.75, 3.05) is 32.8 Å². The first-order chi connectivity index (χ1) is 12.2. The molecule has 0 radical (unpaired) electrons. The molecule has 142 valence electrons. The fraction of sp³-hybridized carbons (Fsp3) is 0.444. The SMILES string of the molecule is CCCOc1ccc2cc(C(=O)NCC3CNCCO3)c(=O)oc2c1.Cl. The van der Waals surface area contributed by atoms with Crippen LogP contribution in [-0.4, -0.2) is 44.9 Å². The number of morpholine rings is 1. The normalized spacial score (nSPS) is 16.7. The number of halogens is 1. The summed E-state index contributed by atoms with van der Waals surface area (Å²) in [4.78, 5) is 24.4. The van der Waals surface area contributed by atoms with Crippen molar-refractivity contribution >= 4 is 29.3 Å². The minimum Gasteiger partial charge on any atom is -0.493 e. The second-order valence-electron chi connectivity index (χ2n) is 5.90. The van der Waals surface area contributed by atoms with E-state index in [9.17, 15) is 9.59 Å². The van der Waals surface area contributed by atoms with E-state index in [1.807, 2.05) is 6.92 Å². The van der Waals surface area contributed by atoms with E-state index in [2.05, 4.69) is 10.6 Å². The number of nitrogens with one attached hydrogen (secondary N) is 2. The minimum absolute atomic E-state index is 0. The Bertz CT molecular complexity index is 802. The Hall–Kier alpha value is -2.09. The van der Waals surface area contributed by atoms with Gasteiger partial charge in [0.2, 0.25) is 0 Å². The van der Waals surface area contributed by atoms with Crippen LogP contribution in [0.15, 0.2) is 33.5 Å². The number of hydrogen-bond donors (Lipinski definition) is 2. The van der Waals surface area contributed by atoms with Crippen LogP contribution in [0.5, 0.6) is 5.75 Å². The molecular formula is C18H23ClN2O5. The third-order valence-electron chi connectivity index (χ3n) is 3.92. The highest BCUT2D eigenvalue weighted by atomic mass is 35.5. The maximum atomic E-state index is 12.3. The number of ether oxygens (including phenoxy) is 2. The molecule has 1 aliphatic rings. The van der Waals surface area contributed by atoms with Gasteiger partial charge in [0.1, 0.15) is 16.9 Å². The molecule has 1 amide bonds. The number of benzene rings is 1. The fourth-order valence-corrected chi connectivity index (χ4v) is 2.61. The Morgan fingerprint density at radius 3 is 2.96 bits per heavy atom. The van der Waals surface area contributed by atoms with E-state index in [1.54, 1.807) is 24.3 Å². The van der Waals surface area contributed by atoms with Crippen LogP contribution in [0.1, 0.15) is 23.7 Å². The topological polar surface area (TPSA) is 89.8 Å². The van der Waals surface area contributed by atoms with E-state index in [1.165, 1.54) is 0 Å². The minimum atomic E-state index is -0.666. The number of fused-ring (bicyclic) bond motifs is 1. The second-order valence-corrected chi connectivity index (χ2v) is 5.90. The smallest absolute Gasteiger partial charge is 0.349 e. The van der Waals surface area contributed by atoms with Gasteiger partial charge >= 0.3 is 5.63 Å². The predicted molar refractivity (Wildman–Crippen MR) is 100 cm³/mol. The van der Waals surface area contributed by atoms with E-state index in [0.29, 0.717) is 43.0 Å². The summed E-state index contributed by atoms with van der Waals surface area (Å²) < 4.78 is 16.3. The lowest BCUT2D eigenvalue weighted by molar-refractivity contribution is 0.0287. The van der Waals surface area contributed by atoms with Crippen LogP contribution in [0.2, 0.25) is 0 Å². The van der Waals surface area contributed by atoms with Gasteiger partial charge in [0.05, 0.1) is 19.3 Å². The van der Waals surface area contributed by atoms with Crippen molar-refractivity contribution in [3.8, 4) is 5.75 Å². The van der Waals surface area contributed by atoms with E-state index in [-0.39, 0.29) is 24.1 Å². The molecule has 1 atom stereocenters. The Kier molecular flexibility index (Phi) is 7.44. The van der Waals surface area contributed by atoms with Crippen molar-refractivity contribution in [1.82, 2.24) is 10.6 Å². The number of hydrogen-bond acceptors (Lipinski definition) is 6. The van der Waals surface area contributed by atoms with Crippen LogP contribution < -0.4 is 21.0 Å². The van der Waals surface area contributed by atoms with Crippen molar-refractivity contribution in [3.05, 3.63) is 40.2 Å². The van der Waals surface area contributed by atoms with Gasteiger partial charge in [0, 0.05) is 31.1 Å². The lowest BCUT2D eigenvalue weighted by Crippen LogP contribution is -2.45. The van der Waals surface area contributed by atoms with Crippen molar-refractivity contribution in [3.63, 3.8) is 0 Å². The standard InChI is InChI=1S/C18H22N2O5.ClH/c1-2-6-23-13-4-3-12-8-15(18(22)25-16(12)9-13)17(21)20-11-14-10-19-5-7-24-14;/h3-4,8-9,14,19H,2,5-7,10-11H2,1H3,(H,20,21);1H. The molecule has 1 fully saturated rings. The number of carbonyl (C=O) groups is 1. The highest BCUT2D eigenvalue weighted by molar-refractivity contribution is 5.96. The van der Waals surface area contributed by atoms with Crippen LogP contribution >= 0.6 is 12.4 Å². The van der Waals surface area contributed by atoms with Crippen molar-refractivity contribution in [2.24, 2.45) is 0 Å². The Morgan fingerprint density at radius 2 is 2.23 bits per heavy atom. The summed E-state index contributed by atoms with van der Waals surface area (Å²) >= 11 is 0. The fourth-order valence-electron chi connectivity index (χ4n) is 2.61. The first kappa shape index (κ1) is 20.2. The number of rotatable bonds is 6. The molecule has 1 saturated heterocycles. The Morgan fingerprint density at radius 1 is 1.38 bits per heavy atom. The summed E-state index contributed by atoms with van der Waals surface area (Å²) in [5.74, 6) is 0.174. The van der Waals surface area contributed by atoms with E-state index < -0.39 is 11.5 Å². The van der Waals surface area contributed by atoms with Crippen LogP contribution in [0.3, 0.4) is 0 Å². The van der Waals surface area contributed by atoms with Crippen LogP contribution in [0.4, 0.5) is 0 Å². The molecule has 1 aliphatic heterocycles. The molecule has 2 N–H and O–H groups in total. The molecular weight excluding hydrogens is 360 g/mol. The summed E-state index contributed by atoms with van der Waals surface area (Å²) in [6.07, 6.45) is 0.796. The van der Waals surface area contributed by atoms with Gasteiger partial charge in [-0.1, -0.05) is 6.92 Å². The molecule has 0 bridgehead atoms. The molecule has 1 unspecified atom stereocenters. The first-order valence-corrected chi connectivity index (χ1v) is 8.48. The van der Waals surface area contributed by atoms with Gasteiger partial charge in [-0.2, -0.15) is 0 Å². The molecule has 3 rings (SSSR count). The number of carbonyl (C=O) groups excluding carboxylic acids is 1. The van der Waals surface area contributed by atoms with Gasteiger partial charge in [-0.05, 0) is 24.6 Å². The zero-order valence-electron chi connectivity index (χ0n) is 14.6. The molecule has 1 aromatic heterocycles. The highest BCUT2D eigenvalue weighted by Gasteiger charge is 2.18. The third-order valence-corrected chi connectivity index (χ3v) is 3.92. The van der Waals surface area contributed by atoms with Crippen LogP contribution in [-0.2, 0) is 4.74 Å². The zero-order chi connectivity index (χ0) is 17.6. The first-order valence-electron chi connectivity index (χ1n) is 8.48. The van der Waals surface area contributed by atoms with Gasteiger partial charge in [0.25, 0.3) is 5.91 Å². The van der Waals surface area contributed by atoms with E-state index in [4.69, 9.17) is 13.9 Å². The maximum absolute atomic E-state index is 12.3. The van der Waals surface area contributed by atoms with Crippen LogP contribution in [0.25, 0.3) is 11.0 Å². The summed E-state index contributed by atoms with van der Waals surface area (Å²) in [6.45, 7) is 5.04. The van der Waals surface area contributed by atoms with Gasteiger partial charge in [-0.15, -0.1) is 12.4 Å². The second kappa shape index (κ2) is 9.56. The van der Waals surface area contributed by atoms with Gasteiger partial charge in [-0.3, -0.25) is 4.79 Å². The summed E-state index contributed by atoms with van der Waals surface area (Å²) in [5, 5.41) is 6.58. The summed E-state index contributed by atoms with van der Waals surface area (Å²) in [6, 6.07) is 6.77. The molecule has 1 aromatic carbocycles. The average Bonchev–Trinajstić information content (AvgIpc) is 2.64. The molecule has 2 aromatic rings. The lowest BCUT2D eigenvalue weighted by atomic mass is 10.1. The molecule has 8 heteroatoms. The van der Waals surface area contributed by atoms with Crippen molar-refractivity contribution in [2.45, 2.75) is 19.4 Å². The van der Waals surface area contributed by atoms with Crippen molar-refractivity contribution < 1.29 is 18.7 Å². The Balaban J connectivity index is 0.00000243. The monoisotopic (exact) mass is 382 g/mol. The van der Waals surface area contributed by atoms with Gasteiger partial charge in [-0.25, -0.2) is 4.79 Å². The average molecular weight is 383 g/mol. The molecule has 0 saturated carbocycles. The van der Waals surface area contributed by atoms with Crippen LogP contribution in [0, 0.1) is 0 Å². The predicted octanol–water partition coefficient (Wildman–Crippen LogP) is 1.72. The summed E-state index contributed by atoms with van der Waals surface area (Å²) in [7, 11) is 0. The lowest BCUT2D eigenvalue weighted by Gasteiger charge is -2.23. The molecule has 0 spiro atoms. The molecule has 2 heterocycles. The quantitative estimate of drug-likeness (QED) is 0.739. The maximum Gasteiger partial charge on any atom is 0.349 e. The molecule has 7 nitrogen and oxygen atoms in total. The Labute approximate surface area is 157 Å². The third kappa shape index (κ3) is 4.97. The van der Waals surface area contributed by atoms with Gasteiger partial charge in [0.15, 0.2) is 0 Å². The molecule has 0 aliphatic carbocycles. The van der Waals surface area contributed by atoms with Gasteiger partial charge < -0.3 is 24.5 Å². The van der Waals surface area contributed by atoms with E-state index in [0.717, 1.165) is 13.0 Å². The van der Waals surface area contributed by atoms with Crippen molar-refractivity contribution in [1.29, 1.82) is 0 Å². The zero-order valence-corrected chi connectivity index (χ0v) is 15.4. The largest absolute Gasteiger partial charge is 0.493 e. The highest BCUT2D eigenvalue weighted by Crippen LogP contribution is 2.20. The van der Waals surface area contributed by atoms with E-state index >= 15 is 0 Å².